The highest BCUT2D eigenvalue weighted by Crippen LogP contribution is 2.16. The van der Waals surface area contributed by atoms with E-state index in [1.54, 1.807) is 0 Å². The SMILES string of the molecule is CCCCCCCC(=O)NNC(=O)CCC(=O)Nc1cc(C)ccc1C. The molecule has 1 aromatic rings. The van der Waals surface area contributed by atoms with Crippen molar-refractivity contribution in [3.05, 3.63) is 29.3 Å². The Hall–Kier alpha value is -2.37. The van der Waals surface area contributed by atoms with E-state index in [1.807, 2.05) is 32.0 Å². The summed E-state index contributed by atoms with van der Waals surface area (Å²) in [6.07, 6.45) is 5.80. The van der Waals surface area contributed by atoms with E-state index in [1.165, 1.54) is 12.8 Å². The zero-order valence-corrected chi connectivity index (χ0v) is 16.1. The number of nitrogens with one attached hydrogen (secondary N) is 3. The van der Waals surface area contributed by atoms with Gasteiger partial charge in [0.1, 0.15) is 0 Å². The molecule has 6 heteroatoms. The first-order chi connectivity index (χ1) is 12.4. The van der Waals surface area contributed by atoms with Crippen LogP contribution in [0.15, 0.2) is 18.2 Å². The fourth-order valence-corrected chi connectivity index (χ4v) is 2.46. The molecule has 0 radical (unpaired) electrons. The van der Waals surface area contributed by atoms with Crippen molar-refractivity contribution in [3.8, 4) is 0 Å². The Morgan fingerprint density at radius 2 is 1.42 bits per heavy atom. The van der Waals surface area contributed by atoms with Crippen molar-refractivity contribution >= 4 is 23.4 Å². The lowest BCUT2D eigenvalue weighted by Gasteiger charge is -2.10. The highest BCUT2D eigenvalue weighted by molar-refractivity contribution is 5.94. The number of hydrogen-bond acceptors (Lipinski definition) is 3. The van der Waals surface area contributed by atoms with E-state index in [0.717, 1.165) is 36.1 Å². The Bertz CT molecular complexity index is 614. The normalized spacial score (nSPS) is 10.3. The molecular formula is C20H31N3O3. The van der Waals surface area contributed by atoms with Gasteiger partial charge in [0.2, 0.25) is 17.7 Å². The average molecular weight is 361 g/mol. The van der Waals surface area contributed by atoms with Crippen LogP contribution in [0.5, 0.6) is 0 Å². The van der Waals surface area contributed by atoms with Crippen LogP contribution in [0.3, 0.4) is 0 Å². The third-order valence-corrected chi connectivity index (χ3v) is 4.10. The summed E-state index contributed by atoms with van der Waals surface area (Å²) >= 11 is 0. The molecule has 144 valence electrons. The molecule has 0 saturated carbocycles. The van der Waals surface area contributed by atoms with Gasteiger partial charge in [-0.1, -0.05) is 44.7 Å². The van der Waals surface area contributed by atoms with Gasteiger partial charge in [-0.3, -0.25) is 25.2 Å². The summed E-state index contributed by atoms with van der Waals surface area (Å²) < 4.78 is 0. The molecule has 0 bridgehead atoms. The van der Waals surface area contributed by atoms with Crippen LogP contribution in [-0.4, -0.2) is 17.7 Å². The molecule has 3 amide bonds. The number of aryl methyl sites for hydroxylation is 2. The molecule has 26 heavy (non-hydrogen) atoms. The largest absolute Gasteiger partial charge is 0.326 e. The summed E-state index contributed by atoms with van der Waals surface area (Å²) in [5.74, 6) is -0.800. The van der Waals surface area contributed by atoms with E-state index in [9.17, 15) is 14.4 Å². The molecule has 0 aliphatic heterocycles. The first kappa shape index (κ1) is 21.7. The van der Waals surface area contributed by atoms with Crippen molar-refractivity contribution < 1.29 is 14.4 Å². The minimum Gasteiger partial charge on any atom is -0.326 e. The number of benzene rings is 1. The summed E-state index contributed by atoms with van der Waals surface area (Å²) in [6, 6.07) is 5.81. The van der Waals surface area contributed by atoms with E-state index in [0.29, 0.717) is 6.42 Å². The van der Waals surface area contributed by atoms with Crippen LogP contribution in [0.4, 0.5) is 5.69 Å². The van der Waals surface area contributed by atoms with Gasteiger partial charge in [-0.05, 0) is 37.5 Å². The molecule has 0 aliphatic carbocycles. The van der Waals surface area contributed by atoms with Crippen LogP contribution >= 0.6 is 0 Å². The maximum atomic E-state index is 12.0. The van der Waals surface area contributed by atoms with E-state index in [2.05, 4.69) is 23.1 Å². The summed E-state index contributed by atoms with van der Waals surface area (Å²) in [7, 11) is 0. The number of carbonyl (C=O) groups excluding carboxylic acids is 3. The van der Waals surface area contributed by atoms with Crippen molar-refractivity contribution in [3.63, 3.8) is 0 Å². The molecule has 0 heterocycles. The molecule has 0 saturated heterocycles. The summed E-state index contributed by atoms with van der Waals surface area (Å²) in [4.78, 5) is 35.3. The summed E-state index contributed by atoms with van der Waals surface area (Å²) in [5, 5.41) is 2.81. The number of carbonyl (C=O) groups is 3. The van der Waals surface area contributed by atoms with Gasteiger partial charge in [0.25, 0.3) is 0 Å². The van der Waals surface area contributed by atoms with Gasteiger partial charge in [0, 0.05) is 24.9 Å². The van der Waals surface area contributed by atoms with Gasteiger partial charge in [-0.2, -0.15) is 0 Å². The lowest BCUT2D eigenvalue weighted by Crippen LogP contribution is -2.41. The van der Waals surface area contributed by atoms with Gasteiger partial charge in [-0.15, -0.1) is 0 Å². The van der Waals surface area contributed by atoms with Gasteiger partial charge in [0.05, 0.1) is 0 Å². The molecule has 6 nitrogen and oxygen atoms in total. The lowest BCUT2D eigenvalue weighted by molar-refractivity contribution is -0.129. The summed E-state index contributed by atoms with van der Waals surface area (Å²) in [6.45, 7) is 6.01. The topological polar surface area (TPSA) is 87.3 Å². The Kier molecular flexibility index (Phi) is 10.1. The Balaban J connectivity index is 2.20. The van der Waals surface area contributed by atoms with Gasteiger partial charge in [0.15, 0.2) is 0 Å². The lowest BCUT2D eigenvalue weighted by atomic mass is 10.1. The predicted molar refractivity (Wildman–Crippen MR) is 103 cm³/mol. The van der Waals surface area contributed by atoms with Crippen LogP contribution in [-0.2, 0) is 14.4 Å². The first-order valence-electron chi connectivity index (χ1n) is 9.37. The molecule has 0 aliphatic rings. The number of hydrogen-bond donors (Lipinski definition) is 3. The van der Waals surface area contributed by atoms with E-state index >= 15 is 0 Å². The van der Waals surface area contributed by atoms with Crippen LogP contribution in [0.1, 0.15) is 69.4 Å². The Labute approximate surface area is 156 Å². The van der Waals surface area contributed by atoms with E-state index in [4.69, 9.17) is 0 Å². The number of anilines is 1. The van der Waals surface area contributed by atoms with Crippen LogP contribution in [0.2, 0.25) is 0 Å². The second-order valence-electron chi connectivity index (χ2n) is 6.63. The maximum absolute atomic E-state index is 12.0. The predicted octanol–water partition coefficient (Wildman–Crippen LogP) is 3.53. The second kappa shape index (κ2) is 12.1. The van der Waals surface area contributed by atoms with Gasteiger partial charge in [-0.25, -0.2) is 0 Å². The molecule has 3 N–H and O–H groups in total. The van der Waals surface area contributed by atoms with Crippen molar-refractivity contribution in [2.45, 2.75) is 72.1 Å². The van der Waals surface area contributed by atoms with Crippen molar-refractivity contribution in [1.82, 2.24) is 10.9 Å². The Morgan fingerprint density at radius 3 is 2.12 bits per heavy atom. The summed E-state index contributed by atoms with van der Waals surface area (Å²) in [5.41, 5.74) is 7.53. The number of amides is 3. The smallest absolute Gasteiger partial charge is 0.238 e. The highest BCUT2D eigenvalue weighted by atomic mass is 16.2. The van der Waals surface area contributed by atoms with Gasteiger partial charge >= 0.3 is 0 Å². The van der Waals surface area contributed by atoms with Crippen LogP contribution < -0.4 is 16.2 Å². The fraction of sp³-hybridized carbons (Fsp3) is 0.550. The van der Waals surface area contributed by atoms with Crippen molar-refractivity contribution in [2.24, 2.45) is 0 Å². The number of hydrazine groups is 1. The van der Waals surface area contributed by atoms with Gasteiger partial charge < -0.3 is 5.32 Å². The van der Waals surface area contributed by atoms with Crippen LogP contribution in [0.25, 0.3) is 0 Å². The third-order valence-electron chi connectivity index (χ3n) is 4.10. The van der Waals surface area contributed by atoms with Crippen molar-refractivity contribution in [2.75, 3.05) is 5.32 Å². The average Bonchev–Trinajstić information content (AvgIpc) is 2.61. The quantitative estimate of drug-likeness (QED) is 0.440. The highest BCUT2D eigenvalue weighted by Gasteiger charge is 2.09. The molecule has 0 fully saturated rings. The molecule has 1 rings (SSSR count). The fourth-order valence-electron chi connectivity index (χ4n) is 2.46. The number of unbranched alkanes of at least 4 members (excludes halogenated alkanes) is 4. The molecular weight excluding hydrogens is 330 g/mol. The van der Waals surface area contributed by atoms with E-state index in [-0.39, 0.29) is 30.6 Å². The molecule has 0 spiro atoms. The molecule has 1 aromatic carbocycles. The zero-order valence-electron chi connectivity index (χ0n) is 16.1. The standard InChI is InChI=1S/C20H31N3O3/c1-4-5-6-7-8-9-19(25)22-23-20(26)13-12-18(24)21-17-14-15(2)10-11-16(17)3/h10-11,14H,4-9,12-13H2,1-3H3,(H,21,24)(H,22,25)(H,23,26). The zero-order chi connectivity index (χ0) is 19.4. The third kappa shape index (κ3) is 9.20. The maximum Gasteiger partial charge on any atom is 0.238 e. The molecule has 0 unspecified atom stereocenters. The first-order valence-corrected chi connectivity index (χ1v) is 9.37. The minimum absolute atomic E-state index is 0.0213. The minimum atomic E-state index is -0.375. The molecule has 0 aromatic heterocycles. The Morgan fingerprint density at radius 1 is 0.808 bits per heavy atom. The number of rotatable bonds is 10. The monoisotopic (exact) mass is 361 g/mol. The second-order valence-corrected chi connectivity index (χ2v) is 6.63. The van der Waals surface area contributed by atoms with E-state index < -0.39 is 0 Å². The van der Waals surface area contributed by atoms with Crippen molar-refractivity contribution in [1.29, 1.82) is 0 Å². The molecule has 0 atom stereocenters. The van der Waals surface area contributed by atoms with Crippen LogP contribution in [0, 0.1) is 13.8 Å².